The number of primary amides is 1. The van der Waals surface area contributed by atoms with Crippen molar-refractivity contribution in [3.05, 3.63) is 44.5 Å². The van der Waals surface area contributed by atoms with Gasteiger partial charge >= 0.3 is 17.1 Å². The normalized spacial score (nSPS) is 12.2. The van der Waals surface area contributed by atoms with Gasteiger partial charge in [-0.05, 0) is 25.1 Å². The summed E-state index contributed by atoms with van der Waals surface area (Å²) in [6.07, 6.45) is -0.143. The van der Waals surface area contributed by atoms with Gasteiger partial charge in [0, 0.05) is 12.5 Å². The van der Waals surface area contributed by atoms with Crippen LogP contribution in [0.1, 0.15) is 29.7 Å². The zero-order chi connectivity index (χ0) is 15.7. The molecule has 1 atom stereocenters. The Hall–Kier alpha value is -2.90. The Balaban J connectivity index is 2.81. The molecule has 1 aromatic heterocycles. The van der Waals surface area contributed by atoms with Crippen LogP contribution in [-0.2, 0) is 4.79 Å². The largest absolute Gasteiger partial charge is 0.478 e. The molecule has 4 N–H and O–H groups in total. The fourth-order valence-corrected chi connectivity index (χ4v) is 2.18. The molecule has 1 unspecified atom stereocenters. The Kier molecular flexibility index (Phi) is 3.62. The Bertz CT molecular complexity index is 849. The molecule has 0 saturated heterocycles. The molecule has 0 fully saturated rings. The van der Waals surface area contributed by atoms with Crippen LogP contribution in [0.3, 0.4) is 0 Å². The summed E-state index contributed by atoms with van der Waals surface area (Å²) in [6.45, 7) is 1.55. The predicted octanol–water partition coefficient (Wildman–Crippen LogP) is -0.176. The highest BCUT2D eigenvalue weighted by atomic mass is 16.4. The molecule has 8 nitrogen and oxygen atoms in total. The lowest BCUT2D eigenvalue weighted by Crippen LogP contribution is -2.38. The van der Waals surface area contributed by atoms with E-state index in [1.54, 1.807) is 6.92 Å². The van der Waals surface area contributed by atoms with Gasteiger partial charge in [-0.15, -0.1) is 0 Å². The lowest BCUT2D eigenvalue weighted by molar-refractivity contribution is -0.118. The van der Waals surface area contributed by atoms with Crippen molar-refractivity contribution in [3.8, 4) is 0 Å². The average Bonchev–Trinajstić information content (AvgIpc) is 2.38. The molecule has 0 radical (unpaired) electrons. The number of hydrogen-bond donors (Lipinski definition) is 3. The van der Waals surface area contributed by atoms with E-state index in [1.807, 2.05) is 0 Å². The lowest BCUT2D eigenvalue weighted by Gasteiger charge is -2.16. The van der Waals surface area contributed by atoms with Crippen LogP contribution in [0.5, 0.6) is 0 Å². The molecule has 1 heterocycles. The Morgan fingerprint density at radius 3 is 2.62 bits per heavy atom. The van der Waals surface area contributed by atoms with Gasteiger partial charge in [-0.2, -0.15) is 0 Å². The second kappa shape index (κ2) is 5.23. The summed E-state index contributed by atoms with van der Waals surface area (Å²) < 4.78 is 1.09. The number of aromatic carboxylic acids is 1. The van der Waals surface area contributed by atoms with Crippen LogP contribution >= 0.6 is 0 Å². The first-order valence-corrected chi connectivity index (χ1v) is 6.11. The van der Waals surface area contributed by atoms with E-state index in [0.717, 1.165) is 4.57 Å². The first kappa shape index (κ1) is 14.5. The Labute approximate surface area is 117 Å². The van der Waals surface area contributed by atoms with E-state index in [9.17, 15) is 19.2 Å². The number of carbonyl (C=O) groups is 2. The van der Waals surface area contributed by atoms with Crippen molar-refractivity contribution in [2.45, 2.75) is 19.4 Å². The SMILES string of the molecule is CC(CC(N)=O)n1c(=O)c(=O)[nH]c2ccc(C(=O)O)cc21. The Morgan fingerprint density at radius 1 is 1.38 bits per heavy atom. The minimum absolute atomic E-state index is 0.0334. The van der Waals surface area contributed by atoms with Crippen LogP contribution in [0.4, 0.5) is 0 Å². The number of nitrogens with zero attached hydrogens (tertiary/aromatic N) is 1. The molecule has 2 aromatic rings. The van der Waals surface area contributed by atoms with E-state index in [0.29, 0.717) is 5.52 Å². The highest BCUT2D eigenvalue weighted by Gasteiger charge is 2.16. The van der Waals surface area contributed by atoms with Crippen molar-refractivity contribution in [1.29, 1.82) is 0 Å². The van der Waals surface area contributed by atoms with Crippen LogP contribution < -0.4 is 16.9 Å². The number of H-pyrrole nitrogens is 1. The first-order valence-electron chi connectivity index (χ1n) is 6.11. The van der Waals surface area contributed by atoms with Crippen molar-refractivity contribution < 1.29 is 14.7 Å². The summed E-state index contributed by atoms with van der Waals surface area (Å²) in [7, 11) is 0. The van der Waals surface area contributed by atoms with E-state index in [2.05, 4.69) is 4.98 Å². The first-order chi connectivity index (χ1) is 9.81. The van der Waals surface area contributed by atoms with Gasteiger partial charge in [0.1, 0.15) is 0 Å². The third-order valence-electron chi connectivity index (χ3n) is 3.10. The number of rotatable bonds is 4. The maximum absolute atomic E-state index is 12.0. The van der Waals surface area contributed by atoms with E-state index >= 15 is 0 Å². The number of carbonyl (C=O) groups excluding carboxylic acids is 1. The molecule has 0 bridgehead atoms. The van der Waals surface area contributed by atoms with Gasteiger partial charge in [0.2, 0.25) is 5.91 Å². The van der Waals surface area contributed by atoms with Crippen molar-refractivity contribution >= 4 is 22.9 Å². The average molecular weight is 291 g/mol. The molecular formula is C13H13N3O5. The molecule has 8 heteroatoms. The van der Waals surface area contributed by atoms with Gasteiger partial charge in [-0.1, -0.05) is 0 Å². The van der Waals surface area contributed by atoms with E-state index < -0.39 is 29.0 Å². The summed E-state index contributed by atoms with van der Waals surface area (Å²) in [5, 5.41) is 9.01. The van der Waals surface area contributed by atoms with Crippen molar-refractivity contribution in [3.63, 3.8) is 0 Å². The third-order valence-corrected chi connectivity index (χ3v) is 3.10. The number of nitrogens with two attached hydrogens (primary N) is 1. The third kappa shape index (κ3) is 2.69. The maximum Gasteiger partial charge on any atom is 0.335 e. The van der Waals surface area contributed by atoms with Crippen LogP contribution in [0.2, 0.25) is 0 Å². The number of aromatic nitrogens is 2. The number of fused-ring (bicyclic) bond motifs is 1. The summed E-state index contributed by atoms with van der Waals surface area (Å²) in [4.78, 5) is 48.1. The molecule has 21 heavy (non-hydrogen) atoms. The molecule has 1 aromatic carbocycles. The molecular weight excluding hydrogens is 278 g/mol. The summed E-state index contributed by atoms with van der Waals surface area (Å²) in [6, 6.07) is 3.32. The van der Waals surface area contributed by atoms with E-state index in [1.165, 1.54) is 18.2 Å². The molecule has 0 aliphatic heterocycles. The smallest absolute Gasteiger partial charge is 0.335 e. The molecule has 0 aliphatic carbocycles. The van der Waals surface area contributed by atoms with E-state index in [-0.39, 0.29) is 17.5 Å². The topological polar surface area (TPSA) is 135 Å². The molecule has 0 saturated carbocycles. The number of hydrogen-bond acceptors (Lipinski definition) is 4. The lowest BCUT2D eigenvalue weighted by atomic mass is 10.1. The highest BCUT2D eigenvalue weighted by molar-refractivity contribution is 5.92. The zero-order valence-corrected chi connectivity index (χ0v) is 11.1. The fourth-order valence-electron chi connectivity index (χ4n) is 2.18. The minimum Gasteiger partial charge on any atom is -0.478 e. The number of benzene rings is 1. The monoisotopic (exact) mass is 291 g/mol. The van der Waals surface area contributed by atoms with Crippen LogP contribution in [0, 0.1) is 0 Å². The minimum atomic E-state index is -1.16. The predicted molar refractivity (Wildman–Crippen MR) is 74.3 cm³/mol. The molecule has 0 spiro atoms. The van der Waals surface area contributed by atoms with Gasteiger partial charge < -0.3 is 15.8 Å². The highest BCUT2D eigenvalue weighted by Crippen LogP contribution is 2.17. The standard InChI is InChI=1S/C13H13N3O5/c1-6(4-10(14)17)16-9-5-7(13(20)21)2-3-8(9)15-11(18)12(16)19/h2-3,5-6H,4H2,1H3,(H2,14,17)(H,15,18)(H,20,21). The number of nitrogens with one attached hydrogen (secondary N) is 1. The van der Waals surface area contributed by atoms with Gasteiger partial charge in [0.15, 0.2) is 0 Å². The molecule has 0 aliphatic rings. The van der Waals surface area contributed by atoms with Gasteiger partial charge in [0.25, 0.3) is 0 Å². The van der Waals surface area contributed by atoms with Crippen LogP contribution in [-0.4, -0.2) is 26.5 Å². The summed E-state index contributed by atoms with van der Waals surface area (Å²) in [5.74, 6) is -1.79. The van der Waals surface area contributed by atoms with E-state index in [4.69, 9.17) is 10.8 Å². The zero-order valence-electron chi connectivity index (χ0n) is 11.1. The fraction of sp³-hybridized carbons (Fsp3) is 0.231. The van der Waals surface area contributed by atoms with Crippen molar-refractivity contribution in [2.24, 2.45) is 5.73 Å². The summed E-state index contributed by atoms with van der Waals surface area (Å²) in [5.41, 5.74) is 3.90. The van der Waals surface area contributed by atoms with Crippen molar-refractivity contribution in [2.75, 3.05) is 0 Å². The second-order valence-electron chi connectivity index (χ2n) is 4.69. The summed E-state index contributed by atoms with van der Waals surface area (Å²) >= 11 is 0. The van der Waals surface area contributed by atoms with Gasteiger partial charge in [-0.3, -0.25) is 19.0 Å². The quantitative estimate of drug-likeness (QED) is 0.672. The molecule has 2 rings (SSSR count). The molecule has 1 amide bonds. The molecule has 110 valence electrons. The second-order valence-corrected chi connectivity index (χ2v) is 4.69. The van der Waals surface area contributed by atoms with Gasteiger partial charge in [0.05, 0.1) is 16.6 Å². The van der Waals surface area contributed by atoms with Crippen LogP contribution in [0.25, 0.3) is 11.0 Å². The van der Waals surface area contributed by atoms with Crippen molar-refractivity contribution in [1.82, 2.24) is 9.55 Å². The number of amides is 1. The number of aromatic amines is 1. The maximum atomic E-state index is 12.0. The number of carboxylic acids is 1. The van der Waals surface area contributed by atoms with Crippen LogP contribution in [0.15, 0.2) is 27.8 Å². The van der Waals surface area contributed by atoms with Gasteiger partial charge in [-0.25, -0.2) is 4.79 Å². The Morgan fingerprint density at radius 2 is 2.05 bits per heavy atom. The number of carboxylic acid groups (broad SMARTS) is 1.